The molecule has 1 rings (SSSR count). The van der Waals surface area contributed by atoms with Gasteiger partial charge in [0.1, 0.15) is 0 Å². The van der Waals surface area contributed by atoms with Gasteiger partial charge in [-0.05, 0) is 37.4 Å². The summed E-state index contributed by atoms with van der Waals surface area (Å²) in [5, 5.41) is 11.8. The van der Waals surface area contributed by atoms with Crippen LogP contribution in [-0.4, -0.2) is 24.7 Å². The van der Waals surface area contributed by atoms with Crippen molar-refractivity contribution in [3.63, 3.8) is 0 Å². The minimum Gasteiger partial charge on any atom is -0.317 e. The first-order valence-corrected chi connectivity index (χ1v) is 6.31. The maximum atomic E-state index is 9.75. The fourth-order valence-electron chi connectivity index (χ4n) is 1.94. The van der Waals surface area contributed by atoms with E-state index in [-0.39, 0.29) is 20.4 Å². The molecule has 0 spiro atoms. The Morgan fingerprint density at radius 1 is 1.38 bits per heavy atom. The van der Waals surface area contributed by atoms with Gasteiger partial charge < -0.3 is 5.32 Å². The average Bonchev–Trinajstić information content (AvgIpc) is 2.30. The van der Waals surface area contributed by atoms with E-state index in [1.807, 2.05) is 0 Å². The van der Waals surface area contributed by atoms with Gasteiger partial charge in [0.05, 0.1) is 8.81 Å². The van der Waals surface area contributed by atoms with Crippen LogP contribution in [-0.2, 0) is 24.4 Å². The molecule has 0 saturated carbocycles. The third kappa shape index (κ3) is 4.72. The van der Waals surface area contributed by atoms with Crippen LogP contribution in [0.5, 0.6) is 0 Å². The predicted octanol–water partition coefficient (Wildman–Crippen LogP) is 1.47. The van der Waals surface area contributed by atoms with Crippen molar-refractivity contribution < 1.29 is 24.4 Å². The van der Waals surface area contributed by atoms with Gasteiger partial charge in [0.2, 0.25) is 0 Å². The van der Waals surface area contributed by atoms with E-state index in [0.29, 0.717) is 0 Å². The molecule has 0 amide bonds. The molecule has 16 heavy (non-hydrogen) atoms. The lowest BCUT2D eigenvalue weighted by Crippen LogP contribution is -2.38. The van der Waals surface area contributed by atoms with E-state index < -0.39 is 0 Å². The Morgan fingerprint density at radius 2 is 2.12 bits per heavy atom. The van der Waals surface area contributed by atoms with Crippen molar-refractivity contribution in [2.75, 3.05) is 13.1 Å². The molecule has 0 aromatic rings. The largest absolute Gasteiger partial charge is 0.334 e. The Balaban J connectivity index is 2.24. The van der Waals surface area contributed by atoms with Crippen LogP contribution in [0.1, 0.15) is 32.6 Å². The van der Waals surface area contributed by atoms with Gasteiger partial charge >= 0.3 is 6.47 Å². The summed E-state index contributed by atoms with van der Waals surface area (Å²) in [5.41, 5.74) is 0. The van der Waals surface area contributed by atoms with Crippen molar-refractivity contribution >= 4 is 15.3 Å². The molecule has 0 aliphatic carbocycles. The van der Waals surface area contributed by atoms with Gasteiger partial charge in [-0.1, -0.05) is 13.3 Å². The Morgan fingerprint density at radius 3 is 2.75 bits per heavy atom. The summed E-state index contributed by atoms with van der Waals surface area (Å²) < 4.78 is 4.93. The van der Waals surface area contributed by atoms with E-state index in [9.17, 15) is 4.79 Å². The highest BCUT2D eigenvalue weighted by atomic mass is 31.1. The topological polar surface area (TPSA) is 66.0 Å². The number of hydrogen-bond acceptors (Lipinski definition) is 6. The summed E-state index contributed by atoms with van der Waals surface area (Å²) in [6.07, 6.45) is 4.35. The fraction of sp³-hybridized carbons (Fsp3) is 0.889. The number of rotatable bonds is 8. The smallest absolute Gasteiger partial charge is 0.317 e. The molecular weight excluding hydrogens is 233 g/mol. The van der Waals surface area contributed by atoms with Crippen molar-refractivity contribution in [3.8, 4) is 0 Å². The van der Waals surface area contributed by atoms with Gasteiger partial charge in [-0.3, -0.25) is 9.68 Å². The van der Waals surface area contributed by atoms with E-state index in [2.05, 4.69) is 27.2 Å². The van der Waals surface area contributed by atoms with Crippen LogP contribution >= 0.6 is 8.81 Å². The second-order valence-corrected chi connectivity index (χ2v) is 5.23. The zero-order chi connectivity index (χ0) is 11.7. The molecule has 1 unspecified atom stereocenters. The average molecular weight is 251 g/mol. The molecule has 1 aliphatic heterocycles. The van der Waals surface area contributed by atoms with Gasteiger partial charge in [-0.2, -0.15) is 4.67 Å². The molecule has 0 radical (unpaired) electrons. The molecule has 1 saturated heterocycles. The Bertz CT molecular complexity index is 193. The second-order valence-electron chi connectivity index (χ2n) is 3.79. The van der Waals surface area contributed by atoms with E-state index in [0.717, 1.165) is 38.8 Å². The lowest BCUT2D eigenvalue weighted by Gasteiger charge is -2.35. The summed E-state index contributed by atoms with van der Waals surface area (Å²) >= 11 is 0. The summed E-state index contributed by atoms with van der Waals surface area (Å²) in [6.45, 7) is 4.28. The number of hydrogen-bond donors (Lipinski definition) is 1. The number of nitrogens with one attached hydrogen (secondary N) is 1. The van der Waals surface area contributed by atoms with Crippen molar-refractivity contribution in [1.29, 1.82) is 0 Å². The maximum Gasteiger partial charge on any atom is 0.334 e. The number of carbonyl (C=O) groups excluding carboxylic acids is 1. The fourth-order valence-corrected chi connectivity index (χ4v) is 2.98. The first-order chi connectivity index (χ1) is 7.83. The molecule has 1 aliphatic rings. The zero-order valence-corrected chi connectivity index (χ0v) is 10.4. The van der Waals surface area contributed by atoms with Crippen LogP contribution in [0.3, 0.4) is 0 Å². The summed E-state index contributed by atoms with van der Waals surface area (Å²) in [5.74, 6) is 0. The Hall–Kier alpha value is -0.260. The van der Waals surface area contributed by atoms with Crippen molar-refractivity contribution in [2.45, 2.75) is 37.8 Å². The maximum absolute atomic E-state index is 9.75. The van der Waals surface area contributed by atoms with Gasteiger partial charge in [0, 0.05) is 10.2 Å². The lowest BCUT2D eigenvalue weighted by atomic mass is 9.92. The third-order valence-corrected chi connectivity index (χ3v) is 4.02. The summed E-state index contributed by atoms with van der Waals surface area (Å²) in [7, 11) is 0.187. The van der Waals surface area contributed by atoms with Crippen molar-refractivity contribution in [1.82, 2.24) is 5.32 Å². The van der Waals surface area contributed by atoms with Gasteiger partial charge in [-0.15, -0.1) is 0 Å². The van der Waals surface area contributed by atoms with Gasteiger partial charge in [0.25, 0.3) is 0 Å². The normalized spacial score (nSPS) is 20.1. The molecule has 0 aromatic carbocycles. The molecule has 7 heteroatoms. The predicted molar refractivity (Wildman–Crippen MR) is 58.5 cm³/mol. The first kappa shape index (κ1) is 13.8. The zero-order valence-electron chi connectivity index (χ0n) is 9.36. The van der Waals surface area contributed by atoms with Crippen LogP contribution < -0.4 is 5.32 Å². The Kier molecular flexibility index (Phi) is 6.84. The van der Waals surface area contributed by atoms with E-state index in [4.69, 9.17) is 4.67 Å². The van der Waals surface area contributed by atoms with Crippen LogP contribution in [0.4, 0.5) is 0 Å². The Labute approximate surface area is 96.6 Å². The van der Waals surface area contributed by atoms with Crippen LogP contribution in [0.15, 0.2) is 0 Å². The molecule has 6 nitrogen and oxygen atoms in total. The van der Waals surface area contributed by atoms with Crippen LogP contribution in [0.25, 0.3) is 0 Å². The van der Waals surface area contributed by atoms with Gasteiger partial charge in [0.15, 0.2) is 0 Å². The molecule has 1 N–H and O–H groups in total. The molecule has 1 atom stereocenters. The first-order valence-electron chi connectivity index (χ1n) is 5.40. The second kappa shape index (κ2) is 7.92. The molecule has 0 aromatic heterocycles. The van der Waals surface area contributed by atoms with E-state index in [1.54, 1.807) is 0 Å². The van der Waals surface area contributed by atoms with E-state index in [1.165, 1.54) is 0 Å². The molecule has 0 bridgehead atoms. The quantitative estimate of drug-likeness (QED) is 0.232. The third-order valence-electron chi connectivity index (χ3n) is 2.69. The minimum atomic E-state index is 0.124. The van der Waals surface area contributed by atoms with Crippen LogP contribution in [0.2, 0.25) is 0 Å². The molecule has 1 heterocycles. The highest BCUT2D eigenvalue weighted by molar-refractivity contribution is 7.34. The standard InChI is InChI=1S/C9H18NO5P/c1-2-3-9(4-6-10-7-5-9)16-15-14-13-12-8-11/h8,10,16H,2-7H2,1H3. The number of piperidine rings is 1. The highest BCUT2D eigenvalue weighted by Gasteiger charge is 2.32. The monoisotopic (exact) mass is 251 g/mol. The van der Waals surface area contributed by atoms with Gasteiger partial charge in [-0.25, -0.2) is 0 Å². The lowest BCUT2D eigenvalue weighted by molar-refractivity contribution is -0.584. The van der Waals surface area contributed by atoms with Crippen LogP contribution in [0, 0.1) is 0 Å². The molecule has 94 valence electrons. The minimum absolute atomic E-state index is 0.124. The highest BCUT2D eigenvalue weighted by Crippen LogP contribution is 2.43. The molecule has 1 fully saturated rings. The summed E-state index contributed by atoms with van der Waals surface area (Å²) in [6, 6.07) is 0. The number of carbonyl (C=O) groups is 1. The van der Waals surface area contributed by atoms with Crippen molar-refractivity contribution in [2.24, 2.45) is 0 Å². The molecular formula is C9H18NO5P. The van der Waals surface area contributed by atoms with E-state index >= 15 is 0 Å². The SMILES string of the molecule is CCCC1(POOOOC=O)CCNCC1. The van der Waals surface area contributed by atoms with Crippen molar-refractivity contribution in [3.05, 3.63) is 0 Å². The summed E-state index contributed by atoms with van der Waals surface area (Å²) in [4.78, 5) is 13.6.